The largest absolute Gasteiger partial charge is 0.432 e. The predicted molar refractivity (Wildman–Crippen MR) is 63.5 cm³/mol. The molecule has 0 amide bonds. The molecule has 0 N–H and O–H groups in total. The number of ether oxygens (including phenoxy) is 1. The Labute approximate surface area is 115 Å². The Balaban J connectivity index is 2.53. The minimum Gasteiger partial charge on any atom is -0.432 e. The maximum atomic E-state index is 13.3. The zero-order chi connectivity index (χ0) is 15.6. The predicted octanol–water partition coefficient (Wildman–Crippen LogP) is 5.11. The van der Waals surface area contributed by atoms with Crippen LogP contribution in [0, 0.1) is 5.82 Å². The molecule has 7 heteroatoms. The molecule has 0 aliphatic heterocycles. The number of benzene rings is 2. The third-order valence-electron chi connectivity index (χ3n) is 2.69. The summed E-state index contributed by atoms with van der Waals surface area (Å²) in [5.41, 5.74) is -1.26. The van der Waals surface area contributed by atoms with Gasteiger partial charge >= 0.3 is 12.8 Å². The van der Waals surface area contributed by atoms with E-state index in [2.05, 4.69) is 4.74 Å². The lowest BCUT2D eigenvalue weighted by molar-refractivity contribution is -0.137. The van der Waals surface area contributed by atoms with Crippen molar-refractivity contribution in [3.63, 3.8) is 0 Å². The average molecular weight is 306 g/mol. The highest BCUT2D eigenvalue weighted by molar-refractivity contribution is 5.69. The van der Waals surface area contributed by atoms with Crippen LogP contribution in [0.4, 0.5) is 26.3 Å². The third-order valence-corrected chi connectivity index (χ3v) is 2.69. The van der Waals surface area contributed by atoms with E-state index in [1.807, 2.05) is 0 Å². The Morgan fingerprint density at radius 1 is 0.952 bits per heavy atom. The molecule has 0 saturated carbocycles. The normalized spacial score (nSPS) is 11.8. The van der Waals surface area contributed by atoms with E-state index in [0.29, 0.717) is 0 Å². The summed E-state index contributed by atoms with van der Waals surface area (Å²) < 4.78 is 80.2. The SMILES string of the molecule is Fc1ccc(-c2ccccc2C(F)(F)F)cc1OC(F)F. The fraction of sp³-hybridized carbons (Fsp3) is 0.143. The van der Waals surface area contributed by atoms with Crippen LogP contribution in [0.2, 0.25) is 0 Å². The van der Waals surface area contributed by atoms with Gasteiger partial charge in [-0.25, -0.2) is 4.39 Å². The molecule has 2 aromatic carbocycles. The van der Waals surface area contributed by atoms with Crippen LogP contribution in [0.25, 0.3) is 11.1 Å². The van der Waals surface area contributed by atoms with E-state index in [9.17, 15) is 26.3 Å². The van der Waals surface area contributed by atoms with Crippen molar-refractivity contribution in [2.24, 2.45) is 0 Å². The molecular weight excluding hydrogens is 298 g/mol. The van der Waals surface area contributed by atoms with Gasteiger partial charge in [-0.15, -0.1) is 0 Å². The molecule has 0 aromatic heterocycles. The lowest BCUT2D eigenvalue weighted by Crippen LogP contribution is -2.07. The number of hydrogen-bond acceptors (Lipinski definition) is 1. The van der Waals surface area contributed by atoms with Gasteiger partial charge in [0.05, 0.1) is 5.56 Å². The molecule has 0 aliphatic carbocycles. The van der Waals surface area contributed by atoms with E-state index in [0.717, 1.165) is 24.3 Å². The average Bonchev–Trinajstić information content (AvgIpc) is 2.40. The first kappa shape index (κ1) is 15.2. The van der Waals surface area contributed by atoms with E-state index in [1.165, 1.54) is 18.2 Å². The van der Waals surface area contributed by atoms with Crippen molar-refractivity contribution in [2.45, 2.75) is 12.8 Å². The maximum Gasteiger partial charge on any atom is 0.417 e. The highest BCUT2D eigenvalue weighted by atomic mass is 19.4. The van der Waals surface area contributed by atoms with Crippen LogP contribution in [0.1, 0.15) is 5.56 Å². The Kier molecular flexibility index (Phi) is 4.11. The molecule has 2 rings (SSSR count). The van der Waals surface area contributed by atoms with Crippen molar-refractivity contribution < 1.29 is 31.1 Å². The zero-order valence-corrected chi connectivity index (χ0v) is 10.3. The van der Waals surface area contributed by atoms with Gasteiger partial charge in [0.15, 0.2) is 11.6 Å². The van der Waals surface area contributed by atoms with Gasteiger partial charge in [-0.05, 0) is 29.3 Å². The van der Waals surface area contributed by atoms with Crippen LogP contribution < -0.4 is 4.74 Å². The van der Waals surface area contributed by atoms with Gasteiger partial charge in [-0.1, -0.05) is 24.3 Å². The molecular formula is C14H8F6O. The second-order valence-electron chi connectivity index (χ2n) is 4.07. The highest BCUT2D eigenvalue weighted by Crippen LogP contribution is 2.38. The smallest absolute Gasteiger partial charge is 0.417 e. The summed E-state index contributed by atoms with van der Waals surface area (Å²) in [6.07, 6.45) is -4.62. The molecule has 0 aliphatic rings. The number of hydrogen-bond donors (Lipinski definition) is 0. The summed E-state index contributed by atoms with van der Waals surface area (Å²) >= 11 is 0. The Bertz CT molecular complexity index is 636. The Hall–Kier alpha value is -2.18. The van der Waals surface area contributed by atoms with Crippen LogP contribution in [-0.4, -0.2) is 6.61 Å². The van der Waals surface area contributed by atoms with Gasteiger partial charge in [-0.2, -0.15) is 22.0 Å². The van der Waals surface area contributed by atoms with E-state index in [4.69, 9.17) is 0 Å². The highest BCUT2D eigenvalue weighted by Gasteiger charge is 2.33. The minimum absolute atomic E-state index is 0.0695. The lowest BCUT2D eigenvalue weighted by Gasteiger charge is -2.14. The molecule has 0 saturated heterocycles. The van der Waals surface area contributed by atoms with Crippen LogP contribution in [0.15, 0.2) is 42.5 Å². The zero-order valence-electron chi connectivity index (χ0n) is 10.3. The summed E-state index contributed by atoms with van der Waals surface area (Å²) in [7, 11) is 0. The van der Waals surface area contributed by atoms with Crippen LogP contribution >= 0.6 is 0 Å². The lowest BCUT2D eigenvalue weighted by atomic mass is 9.99. The van der Waals surface area contributed by atoms with Crippen LogP contribution in [0.5, 0.6) is 5.75 Å². The van der Waals surface area contributed by atoms with Gasteiger partial charge < -0.3 is 4.74 Å². The molecule has 1 nitrogen and oxygen atoms in total. The minimum atomic E-state index is -4.62. The van der Waals surface area contributed by atoms with Crippen molar-refractivity contribution in [3.05, 3.63) is 53.8 Å². The molecule has 2 aromatic rings. The van der Waals surface area contributed by atoms with E-state index in [1.54, 1.807) is 0 Å². The molecule has 0 radical (unpaired) electrons. The maximum absolute atomic E-state index is 13.3. The summed E-state index contributed by atoms with van der Waals surface area (Å²) in [6, 6.07) is 7.24. The van der Waals surface area contributed by atoms with Crippen LogP contribution in [0.3, 0.4) is 0 Å². The van der Waals surface area contributed by atoms with Crippen molar-refractivity contribution in [1.82, 2.24) is 0 Å². The second-order valence-corrected chi connectivity index (χ2v) is 4.07. The molecule has 112 valence electrons. The van der Waals surface area contributed by atoms with Gasteiger partial charge in [-0.3, -0.25) is 0 Å². The quantitative estimate of drug-likeness (QED) is 0.716. The summed E-state index contributed by atoms with van der Waals surface area (Å²) in [4.78, 5) is 0. The number of rotatable bonds is 3. The fourth-order valence-corrected chi connectivity index (χ4v) is 1.84. The summed E-state index contributed by atoms with van der Waals surface area (Å²) in [5, 5.41) is 0. The molecule has 0 fully saturated rings. The van der Waals surface area contributed by atoms with Gasteiger partial charge in [0.1, 0.15) is 0 Å². The van der Waals surface area contributed by atoms with Crippen LogP contribution in [-0.2, 0) is 6.18 Å². The van der Waals surface area contributed by atoms with Crippen molar-refractivity contribution in [2.75, 3.05) is 0 Å². The van der Waals surface area contributed by atoms with E-state index >= 15 is 0 Å². The molecule has 21 heavy (non-hydrogen) atoms. The van der Waals surface area contributed by atoms with E-state index in [-0.39, 0.29) is 11.1 Å². The first-order valence-corrected chi connectivity index (χ1v) is 5.70. The monoisotopic (exact) mass is 306 g/mol. The first-order valence-electron chi connectivity index (χ1n) is 5.70. The van der Waals surface area contributed by atoms with Crippen molar-refractivity contribution in [3.8, 4) is 16.9 Å². The van der Waals surface area contributed by atoms with Crippen molar-refractivity contribution >= 4 is 0 Å². The number of alkyl halides is 5. The third kappa shape index (κ3) is 3.48. The van der Waals surface area contributed by atoms with Crippen molar-refractivity contribution in [1.29, 1.82) is 0 Å². The fourth-order valence-electron chi connectivity index (χ4n) is 1.84. The van der Waals surface area contributed by atoms with Gasteiger partial charge in [0.25, 0.3) is 0 Å². The molecule has 0 bridgehead atoms. The van der Waals surface area contributed by atoms with Gasteiger partial charge in [0, 0.05) is 0 Å². The van der Waals surface area contributed by atoms with E-state index < -0.39 is 29.9 Å². The topological polar surface area (TPSA) is 9.23 Å². The Morgan fingerprint density at radius 3 is 2.24 bits per heavy atom. The Morgan fingerprint density at radius 2 is 1.62 bits per heavy atom. The standard InChI is InChI=1S/C14H8F6O/c15-11-6-5-8(7-12(11)21-13(16)17)9-3-1-2-4-10(9)14(18,19)20/h1-7,13H. The molecule has 0 heterocycles. The summed E-state index contributed by atoms with van der Waals surface area (Å²) in [5.74, 6) is -1.89. The molecule has 0 spiro atoms. The first-order chi connectivity index (χ1) is 9.79. The van der Waals surface area contributed by atoms with Gasteiger partial charge in [0.2, 0.25) is 0 Å². The molecule has 0 unspecified atom stereocenters. The second kappa shape index (κ2) is 5.67. The number of halogens is 6. The molecule has 0 atom stereocenters. The summed E-state index contributed by atoms with van der Waals surface area (Å²) in [6.45, 7) is -3.27.